The van der Waals surface area contributed by atoms with Crippen LogP contribution in [0.2, 0.25) is 0 Å². The predicted octanol–water partition coefficient (Wildman–Crippen LogP) is 13.6. The molecule has 4 aromatic heterocycles. The van der Waals surface area contributed by atoms with Crippen LogP contribution >= 0.6 is 0 Å². The van der Waals surface area contributed by atoms with Crippen LogP contribution in [0.4, 0.5) is 17.1 Å². The van der Waals surface area contributed by atoms with Gasteiger partial charge in [-0.15, -0.1) is 0 Å². The third kappa shape index (κ3) is 6.64. The number of fused-ring (bicyclic) bond motifs is 3. The summed E-state index contributed by atoms with van der Waals surface area (Å²) < 4.78 is 2.37. The van der Waals surface area contributed by atoms with Gasteiger partial charge < -0.3 is 9.47 Å². The summed E-state index contributed by atoms with van der Waals surface area (Å²) in [7, 11) is 0. The maximum Gasteiger partial charge on any atom is 0.164 e. The number of hydrogen-bond donors (Lipinski definition) is 0. The molecule has 0 unspecified atom stereocenters. The SMILES string of the molecule is c1ccc(-c2cc(-c3nc(-c4ccncc4)nc(-c4ccncc4)n3)cc(-c3ccccc3)c2N(c2ccccc2)c2cccc3c2c2ccccc2n3-c2ccccc2)cc1. The summed E-state index contributed by atoms with van der Waals surface area (Å²) in [6.07, 6.45) is 7.04. The van der Waals surface area contributed by atoms with Crippen LogP contribution < -0.4 is 4.90 Å². The van der Waals surface area contributed by atoms with Crippen molar-refractivity contribution in [2.24, 2.45) is 0 Å². The molecule has 0 bridgehead atoms. The van der Waals surface area contributed by atoms with Gasteiger partial charge in [0.25, 0.3) is 0 Å². The molecule has 0 radical (unpaired) electrons. The zero-order valence-corrected chi connectivity index (χ0v) is 33.5. The minimum atomic E-state index is 0.554. The van der Waals surface area contributed by atoms with Gasteiger partial charge in [0.05, 0.1) is 22.4 Å². The van der Waals surface area contributed by atoms with Crippen LogP contribution in [0, 0.1) is 0 Å². The minimum Gasteiger partial charge on any atom is -0.309 e. The van der Waals surface area contributed by atoms with Gasteiger partial charge in [-0.3, -0.25) is 9.97 Å². The highest BCUT2D eigenvalue weighted by molar-refractivity contribution is 6.17. The Morgan fingerprint density at radius 3 is 1.40 bits per heavy atom. The molecule has 62 heavy (non-hydrogen) atoms. The highest BCUT2D eigenvalue weighted by Crippen LogP contribution is 2.51. The van der Waals surface area contributed by atoms with Gasteiger partial charge in [-0.2, -0.15) is 0 Å². The first-order valence-electron chi connectivity index (χ1n) is 20.6. The van der Waals surface area contributed by atoms with E-state index in [1.807, 2.05) is 24.3 Å². The van der Waals surface area contributed by atoms with Crippen molar-refractivity contribution >= 4 is 38.9 Å². The van der Waals surface area contributed by atoms with E-state index in [0.717, 1.165) is 78.1 Å². The van der Waals surface area contributed by atoms with Crippen molar-refractivity contribution in [3.8, 4) is 62.1 Å². The quantitative estimate of drug-likeness (QED) is 0.145. The first-order valence-corrected chi connectivity index (χ1v) is 20.6. The molecule has 292 valence electrons. The van der Waals surface area contributed by atoms with Crippen molar-refractivity contribution in [1.29, 1.82) is 0 Å². The molecular formula is C55H37N7. The molecular weight excluding hydrogens is 759 g/mol. The molecule has 0 saturated carbocycles. The smallest absolute Gasteiger partial charge is 0.164 e. The number of aromatic nitrogens is 6. The van der Waals surface area contributed by atoms with Crippen LogP contribution in [0.15, 0.2) is 225 Å². The van der Waals surface area contributed by atoms with E-state index in [2.05, 4.69) is 195 Å². The molecule has 7 heteroatoms. The van der Waals surface area contributed by atoms with Gasteiger partial charge in [-0.25, -0.2) is 15.0 Å². The van der Waals surface area contributed by atoms with Crippen LogP contribution in [0.1, 0.15) is 0 Å². The molecule has 0 atom stereocenters. The Morgan fingerprint density at radius 1 is 0.371 bits per heavy atom. The fourth-order valence-corrected chi connectivity index (χ4v) is 8.45. The standard InChI is InChI=1S/C55H37N7/c1-5-16-38(17-6-1)46-36-42(55-59-53(40-28-32-56-33-29-40)58-54(60-55)41-30-34-57-35-31-41)37-47(39-18-7-2-8-19-39)52(46)62(44-22-11-4-12-23-44)50-27-15-26-49-51(50)45-24-13-14-25-48(45)61(49)43-20-9-3-10-21-43/h1-37H. The van der Waals surface area contributed by atoms with Crippen LogP contribution in [-0.2, 0) is 0 Å². The number of nitrogens with zero attached hydrogens (tertiary/aromatic N) is 7. The van der Waals surface area contributed by atoms with E-state index in [4.69, 9.17) is 15.0 Å². The van der Waals surface area contributed by atoms with Crippen molar-refractivity contribution in [3.05, 3.63) is 225 Å². The number of anilines is 3. The zero-order valence-electron chi connectivity index (χ0n) is 33.5. The summed E-state index contributed by atoms with van der Waals surface area (Å²) in [5.41, 5.74) is 13.2. The topological polar surface area (TPSA) is 72.6 Å². The zero-order chi connectivity index (χ0) is 41.2. The summed E-state index contributed by atoms with van der Waals surface area (Å²) in [6.45, 7) is 0. The van der Waals surface area contributed by atoms with Crippen molar-refractivity contribution in [2.75, 3.05) is 4.90 Å². The first kappa shape index (κ1) is 36.5. The van der Waals surface area contributed by atoms with Crippen molar-refractivity contribution in [3.63, 3.8) is 0 Å². The molecule has 11 rings (SSSR count). The Kier molecular flexibility index (Phi) is 9.37. The predicted molar refractivity (Wildman–Crippen MR) is 252 cm³/mol. The highest BCUT2D eigenvalue weighted by atomic mass is 15.2. The largest absolute Gasteiger partial charge is 0.309 e. The Hall–Kier alpha value is -8.55. The maximum atomic E-state index is 5.18. The van der Waals surface area contributed by atoms with E-state index < -0.39 is 0 Å². The summed E-state index contributed by atoms with van der Waals surface area (Å²) in [5, 5.41) is 2.32. The molecule has 0 fully saturated rings. The van der Waals surface area contributed by atoms with Gasteiger partial charge in [0.2, 0.25) is 0 Å². The average Bonchev–Trinajstić information content (AvgIpc) is 3.70. The monoisotopic (exact) mass is 795 g/mol. The molecule has 7 aromatic carbocycles. The second-order valence-corrected chi connectivity index (χ2v) is 15.0. The fraction of sp³-hybridized carbons (Fsp3) is 0. The Labute approximate surface area is 359 Å². The lowest BCUT2D eigenvalue weighted by Gasteiger charge is -2.31. The van der Waals surface area contributed by atoms with E-state index >= 15 is 0 Å². The number of pyridine rings is 2. The summed E-state index contributed by atoms with van der Waals surface area (Å²) >= 11 is 0. The van der Waals surface area contributed by atoms with Crippen molar-refractivity contribution in [1.82, 2.24) is 29.5 Å². The molecule has 11 aromatic rings. The number of para-hydroxylation sites is 3. The lowest BCUT2D eigenvalue weighted by molar-refractivity contribution is 1.07. The van der Waals surface area contributed by atoms with Gasteiger partial charge in [-0.1, -0.05) is 121 Å². The Morgan fingerprint density at radius 2 is 0.839 bits per heavy atom. The number of benzene rings is 7. The van der Waals surface area contributed by atoms with Crippen molar-refractivity contribution in [2.45, 2.75) is 0 Å². The molecule has 7 nitrogen and oxygen atoms in total. The molecule has 4 heterocycles. The van der Waals surface area contributed by atoms with Gasteiger partial charge in [-0.05, 0) is 90.0 Å². The molecule has 0 spiro atoms. The highest BCUT2D eigenvalue weighted by Gasteiger charge is 2.27. The third-order valence-electron chi connectivity index (χ3n) is 11.2. The van der Waals surface area contributed by atoms with E-state index in [1.165, 1.54) is 5.39 Å². The lowest BCUT2D eigenvalue weighted by Crippen LogP contribution is -2.13. The van der Waals surface area contributed by atoms with Crippen LogP contribution in [0.3, 0.4) is 0 Å². The van der Waals surface area contributed by atoms with Gasteiger partial charge in [0.1, 0.15) is 0 Å². The summed E-state index contributed by atoms with van der Waals surface area (Å²) in [4.78, 5) is 26.3. The molecule has 0 saturated heterocycles. The van der Waals surface area contributed by atoms with E-state index in [-0.39, 0.29) is 0 Å². The Balaban J connectivity index is 1.25. The van der Waals surface area contributed by atoms with Crippen LogP contribution in [0.25, 0.3) is 83.9 Å². The van der Waals surface area contributed by atoms with Crippen LogP contribution in [0.5, 0.6) is 0 Å². The maximum absolute atomic E-state index is 5.18. The normalized spacial score (nSPS) is 11.2. The summed E-state index contributed by atoms with van der Waals surface area (Å²) in [5.74, 6) is 1.67. The lowest BCUT2D eigenvalue weighted by atomic mass is 9.91. The minimum absolute atomic E-state index is 0.554. The van der Waals surface area contributed by atoms with Gasteiger partial charge >= 0.3 is 0 Å². The summed E-state index contributed by atoms with van der Waals surface area (Å²) in [6, 6.07) is 70.1. The molecule has 0 aliphatic heterocycles. The molecule has 0 aliphatic rings. The number of rotatable bonds is 9. The molecule has 0 N–H and O–H groups in total. The van der Waals surface area contributed by atoms with Gasteiger partial charge in [0.15, 0.2) is 17.5 Å². The average molecular weight is 796 g/mol. The first-order chi connectivity index (χ1) is 30.8. The van der Waals surface area contributed by atoms with Crippen molar-refractivity contribution < 1.29 is 0 Å². The second kappa shape index (κ2) is 15.9. The number of hydrogen-bond acceptors (Lipinski definition) is 6. The van der Waals surface area contributed by atoms with E-state index in [9.17, 15) is 0 Å². The molecule has 0 aliphatic carbocycles. The molecule has 0 amide bonds. The second-order valence-electron chi connectivity index (χ2n) is 15.0. The Bertz CT molecular complexity index is 3200. The third-order valence-corrected chi connectivity index (χ3v) is 11.2. The van der Waals surface area contributed by atoms with E-state index in [0.29, 0.717) is 17.5 Å². The van der Waals surface area contributed by atoms with Crippen LogP contribution in [-0.4, -0.2) is 29.5 Å². The van der Waals surface area contributed by atoms with E-state index in [1.54, 1.807) is 24.8 Å². The fourth-order valence-electron chi connectivity index (χ4n) is 8.45. The van der Waals surface area contributed by atoms with Gasteiger partial charge in [0, 0.05) is 74.8 Å².